The molecule has 0 aliphatic rings. The molecule has 1 atom stereocenters. The Kier molecular flexibility index (Phi) is 11.8. The van der Waals surface area contributed by atoms with Gasteiger partial charge in [0, 0.05) is 26.1 Å². The Morgan fingerprint density at radius 2 is 1.70 bits per heavy atom. The Balaban J connectivity index is 4.21. The van der Waals surface area contributed by atoms with Crippen molar-refractivity contribution in [1.29, 1.82) is 0 Å². The molecule has 0 aromatic carbocycles. The van der Waals surface area contributed by atoms with Gasteiger partial charge in [-0.2, -0.15) is 0 Å². The molecule has 0 heterocycles. The van der Waals surface area contributed by atoms with Crippen molar-refractivity contribution < 1.29 is 4.79 Å². The SMILES string of the molecule is CCCC(CCN)CCC(=O)N(CCC)CCN(C)C. The fourth-order valence-electron chi connectivity index (χ4n) is 2.51. The zero-order valence-corrected chi connectivity index (χ0v) is 14.0. The Hall–Kier alpha value is -0.610. The van der Waals surface area contributed by atoms with Crippen LogP contribution in [0.3, 0.4) is 0 Å². The zero-order valence-electron chi connectivity index (χ0n) is 14.0. The lowest BCUT2D eigenvalue weighted by Gasteiger charge is -2.25. The summed E-state index contributed by atoms with van der Waals surface area (Å²) in [5.74, 6) is 0.929. The van der Waals surface area contributed by atoms with Gasteiger partial charge < -0.3 is 15.5 Å². The number of carbonyl (C=O) groups excluding carboxylic acids is 1. The normalized spacial score (nSPS) is 12.7. The smallest absolute Gasteiger partial charge is 0.222 e. The number of nitrogens with two attached hydrogens (primary N) is 1. The van der Waals surface area contributed by atoms with E-state index in [1.54, 1.807) is 0 Å². The quantitative estimate of drug-likeness (QED) is 0.599. The molecule has 0 bridgehead atoms. The maximum Gasteiger partial charge on any atom is 0.222 e. The topological polar surface area (TPSA) is 49.6 Å². The Morgan fingerprint density at radius 1 is 1.00 bits per heavy atom. The van der Waals surface area contributed by atoms with Crippen LogP contribution in [0.1, 0.15) is 52.4 Å². The monoisotopic (exact) mass is 285 g/mol. The van der Waals surface area contributed by atoms with E-state index in [1.165, 1.54) is 12.8 Å². The molecule has 0 saturated heterocycles. The summed E-state index contributed by atoms with van der Waals surface area (Å²) in [6, 6.07) is 0. The second kappa shape index (κ2) is 12.2. The zero-order chi connectivity index (χ0) is 15.4. The molecule has 0 spiro atoms. The van der Waals surface area contributed by atoms with Crippen LogP contribution >= 0.6 is 0 Å². The minimum Gasteiger partial charge on any atom is -0.341 e. The van der Waals surface area contributed by atoms with Gasteiger partial charge >= 0.3 is 0 Å². The van der Waals surface area contributed by atoms with Crippen LogP contribution in [0.5, 0.6) is 0 Å². The molecule has 2 N–H and O–H groups in total. The van der Waals surface area contributed by atoms with E-state index in [0.29, 0.717) is 18.2 Å². The van der Waals surface area contributed by atoms with Gasteiger partial charge in [-0.15, -0.1) is 0 Å². The van der Waals surface area contributed by atoms with Crippen molar-refractivity contribution in [2.75, 3.05) is 40.3 Å². The fraction of sp³-hybridized carbons (Fsp3) is 0.938. The molecule has 0 rings (SSSR count). The number of carbonyl (C=O) groups is 1. The van der Waals surface area contributed by atoms with E-state index in [2.05, 4.69) is 18.7 Å². The fourth-order valence-corrected chi connectivity index (χ4v) is 2.51. The van der Waals surface area contributed by atoms with Gasteiger partial charge in [0.2, 0.25) is 5.91 Å². The number of rotatable bonds is 12. The molecular formula is C16H35N3O. The van der Waals surface area contributed by atoms with Gasteiger partial charge in [0.15, 0.2) is 0 Å². The molecule has 0 aromatic heterocycles. The first-order valence-electron chi connectivity index (χ1n) is 8.17. The van der Waals surface area contributed by atoms with E-state index in [1.807, 2.05) is 19.0 Å². The lowest BCUT2D eigenvalue weighted by atomic mass is 9.94. The molecular weight excluding hydrogens is 250 g/mol. The summed E-state index contributed by atoms with van der Waals surface area (Å²) in [5, 5.41) is 0. The van der Waals surface area contributed by atoms with E-state index >= 15 is 0 Å². The molecule has 0 aliphatic carbocycles. The summed E-state index contributed by atoms with van der Waals surface area (Å²) in [7, 11) is 4.10. The number of hydrogen-bond donors (Lipinski definition) is 1. The summed E-state index contributed by atoms with van der Waals surface area (Å²) in [5.41, 5.74) is 5.65. The van der Waals surface area contributed by atoms with E-state index in [9.17, 15) is 4.79 Å². The Bertz CT molecular complexity index is 238. The highest BCUT2D eigenvalue weighted by atomic mass is 16.2. The molecule has 4 nitrogen and oxygen atoms in total. The lowest BCUT2D eigenvalue weighted by molar-refractivity contribution is -0.131. The van der Waals surface area contributed by atoms with E-state index in [4.69, 9.17) is 5.73 Å². The second-order valence-corrected chi connectivity index (χ2v) is 5.95. The highest BCUT2D eigenvalue weighted by molar-refractivity contribution is 5.76. The molecule has 4 heteroatoms. The van der Waals surface area contributed by atoms with Crippen molar-refractivity contribution >= 4 is 5.91 Å². The minimum atomic E-state index is 0.312. The van der Waals surface area contributed by atoms with Crippen molar-refractivity contribution in [1.82, 2.24) is 9.80 Å². The summed E-state index contributed by atoms with van der Waals surface area (Å²) in [6.45, 7) is 7.72. The van der Waals surface area contributed by atoms with Crippen LogP contribution in [-0.2, 0) is 4.79 Å². The van der Waals surface area contributed by atoms with Gasteiger partial charge in [-0.3, -0.25) is 4.79 Å². The maximum atomic E-state index is 12.3. The maximum absolute atomic E-state index is 12.3. The second-order valence-electron chi connectivity index (χ2n) is 5.95. The van der Waals surface area contributed by atoms with Gasteiger partial charge in [-0.1, -0.05) is 26.7 Å². The van der Waals surface area contributed by atoms with Crippen LogP contribution in [0.4, 0.5) is 0 Å². The van der Waals surface area contributed by atoms with Crippen LogP contribution < -0.4 is 5.73 Å². The Morgan fingerprint density at radius 3 is 2.20 bits per heavy atom. The minimum absolute atomic E-state index is 0.312. The van der Waals surface area contributed by atoms with Gasteiger partial charge in [0.25, 0.3) is 0 Å². The van der Waals surface area contributed by atoms with E-state index in [0.717, 1.165) is 45.4 Å². The van der Waals surface area contributed by atoms with Crippen LogP contribution in [0.25, 0.3) is 0 Å². The molecule has 0 fully saturated rings. The first kappa shape index (κ1) is 19.4. The van der Waals surface area contributed by atoms with Gasteiger partial charge in [-0.25, -0.2) is 0 Å². The molecule has 0 radical (unpaired) electrons. The molecule has 1 unspecified atom stereocenters. The summed E-state index contributed by atoms with van der Waals surface area (Å²) in [6.07, 6.45) is 6.12. The van der Waals surface area contributed by atoms with Crippen molar-refractivity contribution in [3.8, 4) is 0 Å². The van der Waals surface area contributed by atoms with Crippen LogP contribution in [0.15, 0.2) is 0 Å². The number of amides is 1. The predicted octanol–water partition coefficient (Wildman–Crippen LogP) is 2.33. The van der Waals surface area contributed by atoms with Crippen molar-refractivity contribution in [3.05, 3.63) is 0 Å². The number of nitrogens with zero attached hydrogens (tertiary/aromatic N) is 2. The van der Waals surface area contributed by atoms with Crippen LogP contribution in [0, 0.1) is 5.92 Å². The predicted molar refractivity (Wildman–Crippen MR) is 86.7 cm³/mol. The van der Waals surface area contributed by atoms with Crippen LogP contribution in [-0.4, -0.2) is 56.0 Å². The van der Waals surface area contributed by atoms with Crippen molar-refractivity contribution in [2.45, 2.75) is 52.4 Å². The summed E-state index contributed by atoms with van der Waals surface area (Å²) < 4.78 is 0. The van der Waals surface area contributed by atoms with E-state index in [-0.39, 0.29) is 0 Å². The number of likely N-dealkylation sites (N-methyl/N-ethyl adjacent to an activating group) is 1. The highest BCUT2D eigenvalue weighted by Crippen LogP contribution is 2.17. The van der Waals surface area contributed by atoms with Crippen molar-refractivity contribution in [3.63, 3.8) is 0 Å². The summed E-state index contributed by atoms with van der Waals surface area (Å²) in [4.78, 5) is 16.5. The first-order valence-corrected chi connectivity index (χ1v) is 8.17. The third kappa shape index (κ3) is 9.32. The van der Waals surface area contributed by atoms with Crippen molar-refractivity contribution in [2.24, 2.45) is 11.7 Å². The molecule has 0 aliphatic heterocycles. The van der Waals surface area contributed by atoms with Gasteiger partial charge in [-0.05, 0) is 45.8 Å². The highest BCUT2D eigenvalue weighted by Gasteiger charge is 2.15. The molecule has 20 heavy (non-hydrogen) atoms. The van der Waals surface area contributed by atoms with E-state index < -0.39 is 0 Å². The third-order valence-corrected chi connectivity index (χ3v) is 3.70. The molecule has 120 valence electrons. The average Bonchev–Trinajstić information content (AvgIpc) is 2.40. The average molecular weight is 285 g/mol. The molecule has 1 amide bonds. The third-order valence-electron chi connectivity index (χ3n) is 3.70. The largest absolute Gasteiger partial charge is 0.341 e. The standard InChI is InChI=1S/C16H35N3O/c1-5-7-15(10-11-17)8-9-16(20)19(12-6-2)14-13-18(3)4/h15H,5-14,17H2,1-4H3. The Labute approximate surface area is 125 Å². The molecule has 0 aromatic rings. The molecule has 0 saturated carbocycles. The number of hydrogen-bond acceptors (Lipinski definition) is 3. The lowest BCUT2D eigenvalue weighted by Crippen LogP contribution is -2.37. The summed E-state index contributed by atoms with van der Waals surface area (Å²) >= 11 is 0. The van der Waals surface area contributed by atoms with Gasteiger partial charge in [0.05, 0.1) is 0 Å². The van der Waals surface area contributed by atoms with Crippen LogP contribution in [0.2, 0.25) is 0 Å². The van der Waals surface area contributed by atoms with Gasteiger partial charge in [0.1, 0.15) is 0 Å². The first-order chi connectivity index (χ1) is 9.54.